The summed E-state index contributed by atoms with van der Waals surface area (Å²) in [5, 5.41) is 0. The Morgan fingerprint density at radius 1 is 0.750 bits per heavy atom. The van der Waals surface area contributed by atoms with E-state index in [0.717, 1.165) is 17.8 Å². The molecule has 5 rings (SSSR count). The maximum Gasteiger partial charge on any atom is 0.245 e. The van der Waals surface area contributed by atoms with Crippen LogP contribution in [-0.4, -0.2) is 36.6 Å². The number of allylic oxidation sites excluding steroid dienone is 2. The van der Waals surface area contributed by atoms with Gasteiger partial charge in [0.1, 0.15) is 0 Å². The van der Waals surface area contributed by atoms with Crippen LogP contribution in [0.15, 0.2) is 48.7 Å². The average Bonchev–Trinajstić information content (AvgIpc) is 2.72. The van der Waals surface area contributed by atoms with Gasteiger partial charge in [0.15, 0.2) is 8.32 Å². The average molecular weight is 557 g/mol. The van der Waals surface area contributed by atoms with Crippen LogP contribution in [0.5, 0.6) is 0 Å². The van der Waals surface area contributed by atoms with E-state index in [1.807, 2.05) is 0 Å². The quantitative estimate of drug-likeness (QED) is 0.163. The van der Waals surface area contributed by atoms with E-state index in [1.165, 1.54) is 44.1 Å². The van der Waals surface area contributed by atoms with Crippen LogP contribution in [0.1, 0.15) is 44.1 Å². The zero-order valence-electron chi connectivity index (χ0n) is 24.6. The number of rotatable bonds is 10. The summed E-state index contributed by atoms with van der Waals surface area (Å²) < 4.78 is 15.0. The van der Waals surface area contributed by atoms with Crippen LogP contribution >= 0.6 is 0 Å². The van der Waals surface area contributed by atoms with Crippen molar-refractivity contribution in [3.05, 3.63) is 54.3 Å². The molecule has 4 bridgehead atoms. The lowest BCUT2D eigenvalue weighted by molar-refractivity contribution is -0.0941. The summed E-state index contributed by atoms with van der Waals surface area (Å²) in [4.78, 5) is 0. The molecule has 200 valence electrons. The van der Waals surface area contributed by atoms with Crippen LogP contribution in [0.4, 0.5) is 0 Å². The third-order valence-electron chi connectivity index (χ3n) is 9.24. The van der Waals surface area contributed by atoms with Gasteiger partial charge in [0.2, 0.25) is 7.35 Å². The Morgan fingerprint density at radius 3 is 1.69 bits per heavy atom. The van der Waals surface area contributed by atoms with Crippen LogP contribution in [0.3, 0.4) is 0 Å². The summed E-state index contributed by atoms with van der Waals surface area (Å²) >= 11 is 0. The summed E-state index contributed by atoms with van der Waals surface area (Å²) in [5.41, 5.74) is 1.94. The Balaban J connectivity index is 1.76. The maximum atomic E-state index is 7.56. The maximum absolute atomic E-state index is 7.56. The molecule has 1 aromatic carbocycles. The molecule has 4 fully saturated rings. The van der Waals surface area contributed by atoms with Gasteiger partial charge in [0.05, 0.1) is 27.2 Å². The predicted molar refractivity (Wildman–Crippen MR) is 167 cm³/mol. The van der Waals surface area contributed by atoms with Crippen LogP contribution < -0.4 is 0 Å². The van der Waals surface area contributed by atoms with Crippen molar-refractivity contribution in [2.75, 3.05) is 0 Å². The smallest absolute Gasteiger partial charge is 0.245 e. The summed E-state index contributed by atoms with van der Waals surface area (Å²) in [6, 6.07) is 10.6. The SMILES string of the molecule is C[Si](C)(C)OC(C12CC3CC(CC(C3)C1)C2)[Si](O/C=C/C=C/c1ccccc1)([Si](C)(C)C)[Si](C)(C)C. The fraction of sp³-hybridized carbons (Fsp3) is 0.667. The summed E-state index contributed by atoms with van der Waals surface area (Å²) in [7, 11) is -7.48. The van der Waals surface area contributed by atoms with Gasteiger partial charge in [-0.15, -0.1) is 0 Å². The molecule has 0 aromatic heterocycles. The van der Waals surface area contributed by atoms with Gasteiger partial charge in [-0.25, -0.2) is 0 Å². The molecular formula is C30H52O2Si4. The monoisotopic (exact) mass is 556 g/mol. The lowest BCUT2D eigenvalue weighted by Gasteiger charge is -2.65. The van der Waals surface area contributed by atoms with Crippen LogP contribution in [-0.2, 0) is 8.85 Å². The van der Waals surface area contributed by atoms with Crippen LogP contribution in [0, 0.1) is 23.2 Å². The van der Waals surface area contributed by atoms with Crippen LogP contribution in [0.25, 0.3) is 6.08 Å². The lowest BCUT2D eigenvalue weighted by atomic mass is 9.50. The molecule has 0 saturated heterocycles. The van der Waals surface area contributed by atoms with Crippen molar-refractivity contribution >= 4 is 36.9 Å². The van der Waals surface area contributed by atoms with Crippen molar-refractivity contribution in [2.24, 2.45) is 23.2 Å². The Bertz CT molecular complexity index is 901. The summed E-state index contributed by atoms with van der Waals surface area (Å²) in [6.07, 6.45) is 17.2. The zero-order chi connectivity index (χ0) is 26.4. The van der Waals surface area contributed by atoms with Crippen molar-refractivity contribution < 1.29 is 8.85 Å². The minimum atomic E-state index is -2.28. The minimum absolute atomic E-state index is 0.353. The number of hydrogen-bond donors (Lipinski definition) is 0. The second-order valence-corrected chi connectivity index (χ2v) is 46.0. The first-order valence-electron chi connectivity index (χ1n) is 14.4. The van der Waals surface area contributed by atoms with E-state index >= 15 is 0 Å². The molecule has 0 amide bonds. The first-order chi connectivity index (χ1) is 16.7. The first kappa shape index (κ1) is 28.3. The Morgan fingerprint density at radius 2 is 1.25 bits per heavy atom. The van der Waals surface area contributed by atoms with E-state index in [2.05, 4.69) is 114 Å². The highest BCUT2D eigenvalue weighted by Crippen LogP contribution is 2.64. The topological polar surface area (TPSA) is 18.5 Å². The molecule has 1 unspecified atom stereocenters. The molecule has 4 aliphatic carbocycles. The van der Waals surface area contributed by atoms with E-state index < -0.39 is 30.9 Å². The Hall–Kier alpha value is -0.672. The molecular weight excluding hydrogens is 505 g/mol. The second-order valence-electron chi connectivity index (χ2n) is 15.3. The van der Waals surface area contributed by atoms with Crippen molar-refractivity contribution in [2.45, 2.75) is 103 Å². The number of hydrogen-bond acceptors (Lipinski definition) is 2. The molecule has 2 nitrogen and oxygen atoms in total. The van der Waals surface area contributed by atoms with Crippen LogP contribution in [0.2, 0.25) is 58.9 Å². The molecule has 0 N–H and O–H groups in total. The van der Waals surface area contributed by atoms with Gasteiger partial charge >= 0.3 is 0 Å². The first-order valence-corrected chi connectivity index (χ1v) is 28.8. The fourth-order valence-corrected chi connectivity index (χ4v) is 54.7. The normalized spacial score (nSPS) is 29.9. The van der Waals surface area contributed by atoms with Crippen molar-refractivity contribution in [1.82, 2.24) is 0 Å². The van der Waals surface area contributed by atoms with Gasteiger partial charge in [-0.3, -0.25) is 0 Å². The Labute approximate surface area is 225 Å². The summed E-state index contributed by atoms with van der Waals surface area (Å²) in [6.45, 7) is 23.0. The number of benzene rings is 1. The highest BCUT2D eigenvalue weighted by molar-refractivity contribution is 7.67. The van der Waals surface area contributed by atoms with Gasteiger partial charge in [-0.1, -0.05) is 81.8 Å². The lowest BCUT2D eigenvalue weighted by Crippen LogP contribution is -2.83. The fourth-order valence-electron chi connectivity index (χ4n) is 8.74. The molecule has 0 heterocycles. The second kappa shape index (κ2) is 10.1. The Kier molecular flexibility index (Phi) is 7.98. The van der Waals surface area contributed by atoms with Crippen molar-refractivity contribution in [1.29, 1.82) is 0 Å². The van der Waals surface area contributed by atoms with Gasteiger partial charge in [-0.05, 0) is 93.0 Å². The molecule has 4 saturated carbocycles. The molecule has 1 aromatic rings. The van der Waals surface area contributed by atoms with E-state index in [0.29, 0.717) is 11.1 Å². The summed E-state index contributed by atoms with van der Waals surface area (Å²) in [5.74, 6) is 2.80. The molecule has 36 heavy (non-hydrogen) atoms. The zero-order valence-corrected chi connectivity index (χ0v) is 28.6. The largest absolute Gasteiger partial charge is 0.552 e. The molecule has 0 spiro atoms. The van der Waals surface area contributed by atoms with E-state index in [9.17, 15) is 0 Å². The molecule has 0 radical (unpaired) electrons. The molecule has 1 atom stereocenters. The minimum Gasteiger partial charge on any atom is -0.552 e. The van der Waals surface area contributed by atoms with Crippen molar-refractivity contribution in [3.8, 4) is 0 Å². The standard InChI is InChI=1S/C30H52O2Si4/c1-33(2,3)32-29(30-22-26-19-27(23-30)21-28(20-26)24-30)36(34(4,5)6,35(7,8)9)31-18-14-13-17-25-15-11-10-12-16-25/h10-18,26-29H,19-24H2,1-9H3/b17-13+,18-14+. The third-order valence-corrected chi connectivity index (χ3v) is 46.0. The van der Waals surface area contributed by atoms with Gasteiger partial charge in [-0.2, -0.15) is 0 Å². The molecule has 6 heteroatoms. The van der Waals surface area contributed by atoms with E-state index in [-0.39, 0.29) is 0 Å². The highest BCUT2D eigenvalue weighted by Gasteiger charge is 2.70. The third kappa shape index (κ3) is 5.68. The molecule has 0 aliphatic heterocycles. The van der Waals surface area contributed by atoms with Gasteiger partial charge in [0, 0.05) is 0 Å². The van der Waals surface area contributed by atoms with E-state index in [1.54, 1.807) is 0 Å². The van der Waals surface area contributed by atoms with Crippen molar-refractivity contribution in [3.63, 3.8) is 0 Å². The highest BCUT2D eigenvalue weighted by atomic mass is 29.7. The molecule has 4 aliphatic rings. The van der Waals surface area contributed by atoms with E-state index in [4.69, 9.17) is 8.85 Å². The van der Waals surface area contributed by atoms with Gasteiger partial charge in [0.25, 0.3) is 0 Å². The predicted octanol–water partition coefficient (Wildman–Crippen LogP) is 8.98. The van der Waals surface area contributed by atoms with Gasteiger partial charge < -0.3 is 8.85 Å².